The molecule has 0 unspecified atom stereocenters. The number of amides is 1. The molecule has 0 radical (unpaired) electrons. The zero-order chi connectivity index (χ0) is 19.1. The Kier molecular flexibility index (Phi) is 4.86. The molecule has 0 bridgehead atoms. The second-order valence-corrected chi connectivity index (χ2v) is 6.54. The largest absolute Gasteiger partial charge is 0.417 e. The van der Waals surface area contributed by atoms with Crippen LogP contribution >= 0.6 is 23.2 Å². The van der Waals surface area contributed by atoms with Crippen LogP contribution in [0.25, 0.3) is 5.65 Å². The third-order valence-corrected chi connectivity index (χ3v) is 4.37. The van der Waals surface area contributed by atoms with Crippen molar-refractivity contribution >= 4 is 40.4 Å². The van der Waals surface area contributed by atoms with Gasteiger partial charge in [-0.2, -0.15) is 13.2 Å². The number of carbonyl (C=O) groups is 1. The number of fused-ring (bicyclic) bond motifs is 1. The Labute approximate surface area is 156 Å². The van der Waals surface area contributed by atoms with Crippen molar-refractivity contribution in [2.75, 3.05) is 5.32 Å². The Hall–Kier alpha value is -2.25. The maximum absolute atomic E-state index is 12.8. The SMILES string of the molecule is Cc1ccc(NC(=O)Cc2cn3cc(C(F)(F)F)cc(Cl)c3n2)cc1Cl. The van der Waals surface area contributed by atoms with Gasteiger partial charge in [0, 0.05) is 23.1 Å². The van der Waals surface area contributed by atoms with Crippen LogP contribution in [0.15, 0.2) is 36.7 Å². The first-order valence-electron chi connectivity index (χ1n) is 7.44. The van der Waals surface area contributed by atoms with E-state index in [1.807, 2.05) is 6.92 Å². The van der Waals surface area contributed by atoms with Gasteiger partial charge >= 0.3 is 6.18 Å². The summed E-state index contributed by atoms with van der Waals surface area (Å²) in [5.74, 6) is -0.375. The molecular weight excluding hydrogens is 390 g/mol. The van der Waals surface area contributed by atoms with Crippen LogP contribution in [0.2, 0.25) is 10.0 Å². The number of anilines is 1. The number of hydrogen-bond donors (Lipinski definition) is 1. The molecule has 0 saturated carbocycles. The lowest BCUT2D eigenvalue weighted by atomic mass is 10.2. The predicted molar refractivity (Wildman–Crippen MR) is 93.7 cm³/mol. The van der Waals surface area contributed by atoms with Gasteiger partial charge in [0.2, 0.25) is 5.91 Å². The number of pyridine rings is 1. The predicted octanol–water partition coefficient (Wildman–Crippen LogP) is 5.15. The average molecular weight is 402 g/mol. The monoisotopic (exact) mass is 401 g/mol. The Morgan fingerprint density at radius 3 is 2.58 bits per heavy atom. The summed E-state index contributed by atoms with van der Waals surface area (Å²) in [6.07, 6.45) is -2.41. The van der Waals surface area contributed by atoms with Crippen LogP contribution < -0.4 is 5.32 Å². The van der Waals surface area contributed by atoms with Crippen molar-refractivity contribution in [1.29, 1.82) is 0 Å². The van der Waals surface area contributed by atoms with E-state index < -0.39 is 11.7 Å². The van der Waals surface area contributed by atoms with E-state index in [4.69, 9.17) is 23.2 Å². The normalized spacial score (nSPS) is 11.8. The summed E-state index contributed by atoms with van der Waals surface area (Å²) >= 11 is 11.9. The third-order valence-electron chi connectivity index (χ3n) is 3.68. The quantitative estimate of drug-likeness (QED) is 0.659. The van der Waals surface area contributed by atoms with Gasteiger partial charge in [0.05, 0.1) is 22.7 Å². The van der Waals surface area contributed by atoms with E-state index in [9.17, 15) is 18.0 Å². The summed E-state index contributed by atoms with van der Waals surface area (Å²) in [6, 6.07) is 5.89. The van der Waals surface area contributed by atoms with Crippen molar-refractivity contribution < 1.29 is 18.0 Å². The maximum Gasteiger partial charge on any atom is 0.417 e. The smallest absolute Gasteiger partial charge is 0.326 e. The Morgan fingerprint density at radius 1 is 1.19 bits per heavy atom. The number of hydrogen-bond acceptors (Lipinski definition) is 2. The molecule has 0 aliphatic heterocycles. The van der Waals surface area contributed by atoms with Crippen LogP contribution in [0.1, 0.15) is 16.8 Å². The highest BCUT2D eigenvalue weighted by Crippen LogP contribution is 2.32. The molecule has 0 saturated heterocycles. The van der Waals surface area contributed by atoms with E-state index in [-0.39, 0.29) is 23.0 Å². The van der Waals surface area contributed by atoms with E-state index in [0.29, 0.717) is 16.4 Å². The first-order valence-corrected chi connectivity index (χ1v) is 8.19. The van der Waals surface area contributed by atoms with Gasteiger partial charge in [-0.15, -0.1) is 0 Å². The van der Waals surface area contributed by atoms with Gasteiger partial charge in [-0.3, -0.25) is 4.79 Å². The zero-order valence-corrected chi connectivity index (χ0v) is 14.9. The molecule has 9 heteroatoms. The molecule has 3 aromatic rings. The summed E-state index contributed by atoms with van der Waals surface area (Å²) in [5.41, 5.74) is 0.951. The number of aryl methyl sites for hydroxylation is 1. The van der Waals surface area contributed by atoms with Crippen LogP contribution in [-0.4, -0.2) is 15.3 Å². The number of aromatic nitrogens is 2. The van der Waals surface area contributed by atoms with Gasteiger partial charge in [0.15, 0.2) is 5.65 Å². The van der Waals surface area contributed by atoms with Crippen molar-refractivity contribution in [3.63, 3.8) is 0 Å². The van der Waals surface area contributed by atoms with Crippen LogP contribution in [0.4, 0.5) is 18.9 Å². The van der Waals surface area contributed by atoms with Crippen LogP contribution in [0.3, 0.4) is 0 Å². The van der Waals surface area contributed by atoms with E-state index in [2.05, 4.69) is 10.3 Å². The second kappa shape index (κ2) is 6.81. The van der Waals surface area contributed by atoms with Crippen molar-refractivity contribution in [1.82, 2.24) is 9.38 Å². The molecule has 0 spiro atoms. The summed E-state index contributed by atoms with van der Waals surface area (Å²) in [5, 5.41) is 3.04. The van der Waals surface area contributed by atoms with Gasteiger partial charge in [0.1, 0.15) is 0 Å². The Bertz CT molecular complexity index is 999. The summed E-state index contributed by atoms with van der Waals surface area (Å²) in [6.45, 7) is 1.84. The maximum atomic E-state index is 12.8. The van der Waals surface area contributed by atoms with Gasteiger partial charge in [-0.25, -0.2) is 4.98 Å². The summed E-state index contributed by atoms with van der Waals surface area (Å²) in [7, 11) is 0. The van der Waals surface area contributed by atoms with Gasteiger partial charge in [-0.1, -0.05) is 29.3 Å². The molecule has 26 heavy (non-hydrogen) atoms. The van der Waals surface area contributed by atoms with Crippen molar-refractivity contribution in [3.8, 4) is 0 Å². The van der Waals surface area contributed by atoms with Crippen molar-refractivity contribution in [2.24, 2.45) is 0 Å². The van der Waals surface area contributed by atoms with Crippen LogP contribution in [-0.2, 0) is 17.4 Å². The first kappa shape index (κ1) is 18.5. The fourth-order valence-corrected chi connectivity index (χ4v) is 2.83. The number of carbonyl (C=O) groups excluding carboxylic acids is 1. The van der Waals surface area contributed by atoms with E-state index >= 15 is 0 Å². The molecular formula is C17H12Cl2F3N3O. The highest BCUT2D eigenvalue weighted by Gasteiger charge is 2.32. The molecule has 1 N–H and O–H groups in total. The lowest BCUT2D eigenvalue weighted by molar-refractivity contribution is -0.137. The Morgan fingerprint density at radius 2 is 1.92 bits per heavy atom. The molecule has 1 amide bonds. The number of benzene rings is 1. The molecule has 0 aliphatic rings. The van der Waals surface area contributed by atoms with Crippen LogP contribution in [0, 0.1) is 6.92 Å². The molecule has 1 aromatic carbocycles. The lowest BCUT2D eigenvalue weighted by Gasteiger charge is -2.07. The standard InChI is InChI=1S/C17H12Cl2F3N3O/c1-9-2-3-11(5-13(9)18)23-15(26)6-12-8-25-7-10(17(20,21)22)4-14(19)16(25)24-12/h2-5,7-8H,6H2,1H3,(H,23,26). The molecule has 2 aromatic heterocycles. The number of halogens is 5. The molecule has 2 heterocycles. The van der Waals surface area contributed by atoms with E-state index in [1.54, 1.807) is 18.2 Å². The summed E-state index contributed by atoms with van der Waals surface area (Å²) in [4.78, 5) is 16.3. The number of nitrogens with zero attached hydrogens (tertiary/aromatic N) is 2. The number of rotatable bonds is 3. The zero-order valence-electron chi connectivity index (χ0n) is 13.4. The minimum absolute atomic E-state index is 0.120. The fraction of sp³-hybridized carbons (Fsp3) is 0.176. The highest BCUT2D eigenvalue weighted by molar-refractivity contribution is 6.33. The van der Waals surface area contributed by atoms with Gasteiger partial charge in [-0.05, 0) is 30.7 Å². The van der Waals surface area contributed by atoms with Gasteiger partial charge < -0.3 is 9.72 Å². The van der Waals surface area contributed by atoms with E-state index in [1.165, 1.54) is 6.20 Å². The fourth-order valence-electron chi connectivity index (χ4n) is 2.39. The third kappa shape index (κ3) is 3.94. The lowest BCUT2D eigenvalue weighted by Crippen LogP contribution is -2.14. The number of imidazole rings is 1. The van der Waals surface area contributed by atoms with Gasteiger partial charge in [0.25, 0.3) is 0 Å². The molecule has 136 valence electrons. The Balaban J connectivity index is 1.81. The minimum atomic E-state index is -4.52. The van der Waals surface area contributed by atoms with Crippen molar-refractivity contribution in [3.05, 3.63) is 63.5 Å². The number of nitrogens with one attached hydrogen (secondary N) is 1. The highest BCUT2D eigenvalue weighted by atomic mass is 35.5. The average Bonchev–Trinajstić information content (AvgIpc) is 2.93. The first-order chi connectivity index (χ1) is 12.1. The number of alkyl halides is 3. The molecule has 4 nitrogen and oxygen atoms in total. The molecule has 0 fully saturated rings. The topological polar surface area (TPSA) is 46.4 Å². The molecule has 0 aliphatic carbocycles. The molecule has 0 atom stereocenters. The van der Waals surface area contributed by atoms with E-state index in [0.717, 1.165) is 22.2 Å². The summed E-state index contributed by atoms with van der Waals surface area (Å²) < 4.78 is 39.7. The van der Waals surface area contributed by atoms with Crippen molar-refractivity contribution in [2.45, 2.75) is 19.5 Å². The second-order valence-electron chi connectivity index (χ2n) is 5.73. The minimum Gasteiger partial charge on any atom is -0.326 e. The van der Waals surface area contributed by atoms with Crippen LogP contribution in [0.5, 0.6) is 0 Å². The molecule has 3 rings (SSSR count).